The van der Waals surface area contributed by atoms with Crippen LogP contribution < -0.4 is 14.8 Å². The Kier molecular flexibility index (Phi) is 7.33. The van der Waals surface area contributed by atoms with Gasteiger partial charge < -0.3 is 10.1 Å². The van der Waals surface area contributed by atoms with E-state index in [0.717, 1.165) is 24.0 Å². The number of piperidine rings is 1. The quantitative estimate of drug-likeness (QED) is 0.471. The fourth-order valence-electron chi connectivity index (χ4n) is 5.62. The Morgan fingerprint density at radius 2 is 1.65 bits per heavy atom. The second kappa shape index (κ2) is 10.7. The molecule has 3 aromatic carbocycles. The van der Waals surface area contributed by atoms with E-state index >= 15 is 0 Å². The number of amides is 1. The van der Waals surface area contributed by atoms with Gasteiger partial charge in [0.2, 0.25) is 0 Å². The highest BCUT2D eigenvalue weighted by Crippen LogP contribution is 2.37. The first-order chi connectivity index (χ1) is 17.9. The summed E-state index contributed by atoms with van der Waals surface area (Å²) in [5.41, 5.74) is 3.49. The van der Waals surface area contributed by atoms with Gasteiger partial charge in [0, 0.05) is 31.1 Å². The number of ether oxygens (including phenoxy) is 1. The number of rotatable bonds is 8. The Hall–Kier alpha value is -3.20. The highest BCUT2D eigenvalue weighted by molar-refractivity contribution is 7.87. The molecule has 37 heavy (non-hydrogen) atoms. The number of benzene rings is 3. The zero-order valence-corrected chi connectivity index (χ0v) is 21.8. The number of nitrogens with one attached hydrogen (secondary N) is 2. The third kappa shape index (κ3) is 5.28. The first-order valence-corrected chi connectivity index (χ1v) is 14.2. The minimum absolute atomic E-state index is 0.192. The van der Waals surface area contributed by atoms with Crippen molar-refractivity contribution >= 4 is 16.1 Å². The van der Waals surface area contributed by atoms with Crippen molar-refractivity contribution in [1.82, 2.24) is 14.3 Å². The van der Waals surface area contributed by atoms with Crippen molar-refractivity contribution in [1.29, 1.82) is 0 Å². The zero-order chi connectivity index (χ0) is 25.9. The summed E-state index contributed by atoms with van der Waals surface area (Å²) in [7, 11) is -2.10. The normalized spacial score (nSPS) is 19.2. The van der Waals surface area contributed by atoms with E-state index in [1.165, 1.54) is 5.56 Å². The molecule has 2 aliphatic rings. The van der Waals surface area contributed by atoms with E-state index in [1.807, 2.05) is 48.5 Å². The van der Waals surface area contributed by atoms with Gasteiger partial charge in [-0.15, -0.1) is 0 Å². The number of hydrogen-bond donors (Lipinski definition) is 2. The molecule has 1 atom stereocenters. The lowest BCUT2D eigenvalue weighted by molar-refractivity contribution is 0.0929. The summed E-state index contributed by atoms with van der Waals surface area (Å²) >= 11 is 0. The van der Waals surface area contributed by atoms with E-state index in [0.29, 0.717) is 43.8 Å². The molecule has 5 rings (SSSR count). The van der Waals surface area contributed by atoms with Crippen molar-refractivity contribution in [2.24, 2.45) is 0 Å². The molecule has 0 bridgehead atoms. The van der Waals surface area contributed by atoms with Crippen molar-refractivity contribution in [2.45, 2.75) is 37.1 Å². The molecule has 7 nitrogen and oxygen atoms in total. The molecule has 1 unspecified atom stereocenters. The molecule has 2 N–H and O–H groups in total. The maximum Gasteiger partial charge on any atom is 0.280 e. The van der Waals surface area contributed by atoms with E-state index in [-0.39, 0.29) is 17.4 Å². The second-order valence-corrected chi connectivity index (χ2v) is 11.5. The molecule has 1 saturated heterocycles. The van der Waals surface area contributed by atoms with Crippen molar-refractivity contribution in [3.63, 3.8) is 0 Å². The number of para-hydroxylation sites is 1. The van der Waals surface area contributed by atoms with Crippen LogP contribution in [0.5, 0.6) is 5.75 Å². The average Bonchev–Trinajstić information content (AvgIpc) is 3.34. The molecule has 8 heteroatoms. The number of fused-ring (bicyclic) bond motifs is 1. The Bertz CT molecular complexity index is 1350. The van der Waals surface area contributed by atoms with Crippen LogP contribution in [0.4, 0.5) is 0 Å². The predicted molar refractivity (Wildman–Crippen MR) is 144 cm³/mol. The number of carbonyl (C=O) groups excluding carboxylic acids is 1. The van der Waals surface area contributed by atoms with Crippen molar-refractivity contribution in [3.05, 3.63) is 101 Å². The molecule has 1 amide bonds. The van der Waals surface area contributed by atoms with Gasteiger partial charge >= 0.3 is 0 Å². The molecule has 1 aliphatic carbocycles. The summed E-state index contributed by atoms with van der Waals surface area (Å²) in [6, 6.07) is 25.1. The number of methoxy groups -OCH3 is 1. The first kappa shape index (κ1) is 25.4. The SMILES string of the molecule is COc1ccccc1C(=O)NCC1(c2ccccc2)CCN(S(=O)(=O)NC2CCc3ccccc32)CC1. The van der Waals surface area contributed by atoms with E-state index in [1.54, 1.807) is 23.5 Å². The number of nitrogens with zero attached hydrogens (tertiary/aromatic N) is 1. The number of hydrogen-bond acceptors (Lipinski definition) is 4. The Balaban J connectivity index is 1.30. The molecule has 3 aromatic rings. The van der Waals surface area contributed by atoms with Crippen LogP contribution in [-0.2, 0) is 22.0 Å². The topological polar surface area (TPSA) is 87.7 Å². The lowest BCUT2D eigenvalue weighted by Gasteiger charge is -2.42. The summed E-state index contributed by atoms with van der Waals surface area (Å²) in [6.07, 6.45) is 2.86. The van der Waals surface area contributed by atoms with Gasteiger partial charge in [0.15, 0.2) is 0 Å². The van der Waals surface area contributed by atoms with Crippen LogP contribution in [0.3, 0.4) is 0 Å². The Morgan fingerprint density at radius 1 is 0.973 bits per heavy atom. The third-order valence-corrected chi connectivity index (χ3v) is 9.40. The van der Waals surface area contributed by atoms with Gasteiger partial charge in [-0.1, -0.05) is 66.7 Å². The molecule has 1 aliphatic heterocycles. The van der Waals surface area contributed by atoms with Crippen LogP contribution in [0.25, 0.3) is 0 Å². The molecule has 1 fully saturated rings. The number of carbonyl (C=O) groups is 1. The minimum Gasteiger partial charge on any atom is -0.496 e. The fraction of sp³-hybridized carbons (Fsp3) is 0.345. The number of aryl methyl sites for hydroxylation is 1. The molecule has 1 heterocycles. The Morgan fingerprint density at radius 3 is 2.41 bits per heavy atom. The second-order valence-electron chi connectivity index (χ2n) is 9.84. The minimum atomic E-state index is -3.65. The van der Waals surface area contributed by atoms with Crippen molar-refractivity contribution in [2.75, 3.05) is 26.7 Å². The lowest BCUT2D eigenvalue weighted by atomic mass is 9.73. The highest BCUT2D eigenvalue weighted by Gasteiger charge is 2.40. The maximum absolute atomic E-state index is 13.4. The Labute approximate surface area is 219 Å². The van der Waals surface area contributed by atoms with Crippen molar-refractivity contribution in [3.8, 4) is 5.75 Å². The molecule has 0 saturated carbocycles. The van der Waals surface area contributed by atoms with Gasteiger partial charge in [0.05, 0.1) is 12.7 Å². The van der Waals surface area contributed by atoms with Crippen LogP contribution in [0.2, 0.25) is 0 Å². The van der Waals surface area contributed by atoms with Gasteiger partial charge in [-0.3, -0.25) is 4.79 Å². The highest BCUT2D eigenvalue weighted by atomic mass is 32.2. The van der Waals surface area contributed by atoms with Crippen LogP contribution in [0.15, 0.2) is 78.9 Å². The monoisotopic (exact) mass is 519 g/mol. The van der Waals surface area contributed by atoms with Crippen molar-refractivity contribution < 1.29 is 17.9 Å². The summed E-state index contributed by atoms with van der Waals surface area (Å²) < 4.78 is 36.6. The first-order valence-electron chi connectivity index (χ1n) is 12.7. The largest absolute Gasteiger partial charge is 0.496 e. The lowest BCUT2D eigenvalue weighted by Crippen LogP contribution is -2.52. The van der Waals surface area contributed by atoms with Gasteiger partial charge in [-0.05, 0) is 54.5 Å². The molecular weight excluding hydrogens is 486 g/mol. The average molecular weight is 520 g/mol. The van der Waals surface area contributed by atoms with Crippen LogP contribution in [0.1, 0.15) is 52.4 Å². The smallest absolute Gasteiger partial charge is 0.280 e. The maximum atomic E-state index is 13.4. The van der Waals surface area contributed by atoms with Gasteiger partial charge in [0.25, 0.3) is 16.1 Å². The van der Waals surface area contributed by atoms with Crippen LogP contribution in [0, 0.1) is 0 Å². The van der Waals surface area contributed by atoms with E-state index in [4.69, 9.17) is 4.74 Å². The summed E-state index contributed by atoms with van der Waals surface area (Å²) in [4.78, 5) is 13.1. The standard InChI is InChI=1S/C29H33N3O4S/c1-36-27-14-8-7-13-25(27)28(33)30-21-29(23-10-3-2-4-11-23)17-19-32(20-18-29)37(34,35)31-26-16-15-22-9-5-6-12-24(22)26/h2-14,26,31H,15-21H2,1H3,(H,30,33). The molecule has 0 aromatic heterocycles. The zero-order valence-electron chi connectivity index (χ0n) is 21.0. The van der Waals surface area contributed by atoms with E-state index in [9.17, 15) is 13.2 Å². The molecular formula is C29H33N3O4S. The molecule has 194 valence electrons. The van der Waals surface area contributed by atoms with Crippen LogP contribution in [-0.4, -0.2) is 45.4 Å². The predicted octanol–water partition coefficient (Wildman–Crippen LogP) is 3.98. The summed E-state index contributed by atoms with van der Waals surface area (Å²) in [5.74, 6) is 0.318. The third-order valence-electron chi connectivity index (χ3n) is 7.77. The summed E-state index contributed by atoms with van der Waals surface area (Å²) in [5, 5.41) is 3.10. The summed E-state index contributed by atoms with van der Waals surface area (Å²) in [6.45, 7) is 1.16. The van der Waals surface area contributed by atoms with E-state index in [2.05, 4.69) is 28.2 Å². The van der Waals surface area contributed by atoms with E-state index < -0.39 is 10.2 Å². The van der Waals surface area contributed by atoms with Crippen LogP contribution >= 0.6 is 0 Å². The van der Waals surface area contributed by atoms with Gasteiger partial charge in [0.1, 0.15) is 5.75 Å². The van der Waals surface area contributed by atoms with Gasteiger partial charge in [-0.2, -0.15) is 17.4 Å². The molecule has 0 spiro atoms. The fourth-order valence-corrected chi connectivity index (χ4v) is 7.04. The molecule has 0 radical (unpaired) electrons. The van der Waals surface area contributed by atoms with Gasteiger partial charge in [-0.25, -0.2) is 0 Å².